The molecule has 0 saturated carbocycles. The van der Waals surface area contributed by atoms with E-state index in [9.17, 15) is 4.79 Å². The first-order valence-electron chi connectivity index (χ1n) is 8.00. The van der Waals surface area contributed by atoms with E-state index in [1.807, 2.05) is 4.90 Å². The van der Waals surface area contributed by atoms with Gasteiger partial charge in [-0.1, -0.05) is 29.8 Å². The van der Waals surface area contributed by atoms with Crippen molar-refractivity contribution in [1.82, 2.24) is 4.90 Å². The molecule has 0 aromatic heterocycles. The first kappa shape index (κ1) is 15.9. The van der Waals surface area contributed by atoms with Gasteiger partial charge in [-0.3, -0.25) is 4.79 Å². The van der Waals surface area contributed by atoms with Gasteiger partial charge in [-0.05, 0) is 49.2 Å². The molecule has 2 aromatic carbocycles. The number of para-hydroxylation sites is 1. The Balaban J connectivity index is 1.70. The van der Waals surface area contributed by atoms with Crippen LogP contribution in [0.3, 0.4) is 0 Å². The molecule has 0 bridgehead atoms. The third-order valence-electron chi connectivity index (χ3n) is 4.33. The van der Waals surface area contributed by atoms with Gasteiger partial charge in [-0.2, -0.15) is 0 Å². The van der Waals surface area contributed by atoms with Gasteiger partial charge in [0.15, 0.2) is 0 Å². The fraction of sp³-hybridized carbons (Fsp3) is 0.316. The number of benzene rings is 2. The molecule has 3 nitrogen and oxygen atoms in total. The van der Waals surface area contributed by atoms with Crippen LogP contribution in [-0.4, -0.2) is 37.0 Å². The van der Waals surface area contributed by atoms with Crippen molar-refractivity contribution in [2.75, 3.05) is 31.1 Å². The molecule has 1 fully saturated rings. The Hall–Kier alpha value is -2.00. The molecule has 3 rings (SSSR count). The molecule has 1 aliphatic heterocycles. The Kier molecular flexibility index (Phi) is 4.87. The normalized spacial score (nSPS) is 15.4. The Bertz CT molecular complexity index is 684. The van der Waals surface area contributed by atoms with Crippen molar-refractivity contribution in [3.8, 4) is 0 Å². The third kappa shape index (κ3) is 3.67. The molecule has 1 amide bonds. The summed E-state index contributed by atoms with van der Waals surface area (Å²) in [5, 5.41) is 0.656. The lowest BCUT2D eigenvalue weighted by atomic mass is 10.2. The predicted molar refractivity (Wildman–Crippen MR) is 95.4 cm³/mol. The maximum Gasteiger partial charge on any atom is 0.253 e. The van der Waals surface area contributed by atoms with Gasteiger partial charge in [-0.25, -0.2) is 0 Å². The second-order valence-electron chi connectivity index (χ2n) is 5.93. The first-order chi connectivity index (χ1) is 11.1. The van der Waals surface area contributed by atoms with E-state index in [-0.39, 0.29) is 5.91 Å². The Morgan fingerprint density at radius 1 is 0.957 bits per heavy atom. The average Bonchev–Trinajstić information content (AvgIpc) is 2.81. The largest absolute Gasteiger partial charge is 0.369 e. The Labute approximate surface area is 142 Å². The zero-order valence-electron chi connectivity index (χ0n) is 13.3. The van der Waals surface area contributed by atoms with Gasteiger partial charge >= 0.3 is 0 Å². The van der Waals surface area contributed by atoms with E-state index in [1.54, 1.807) is 24.3 Å². The van der Waals surface area contributed by atoms with Crippen LogP contribution in [-0.2, 0) is 0 Å². The smallest absolute Gasteiger partial charge is 0.253 e. The molecular weight excluding hydrogens is 308 g/mol. The fourth-order valence-electron chi connectivity index (χ4n) is 3.05. The highest BCUT2D eigenvalue weighted by molar-refractivity contribution is 6.30. The zero-order valence-corrected chi connectivity index (χ0v) is 14.1. The number of nitrogens with zero attached hydrogens (tertiary/aromatic N) is 2. The van der Waals surface area contributed by atoms with Gasteiger partial charge in [-0.15, -0.1) is 0 Å². The maximum absolute atomic E-state index is 12.6. The Morgan fingerprint density at radius 3 is 2.43 bits per heavy atom. The number of carbonyl (C=O) groups excluding carboxylic acids is 1. The van der Waals surface area contributed by atoms with Crippen LogP contribution in [0.25, 0.3) is 0 Å². The number of halogens is 1. The summed E-state index contributed by atoms with van der Waals surface area (Å²) in [7, 11) is 0. The topological polar surface area (TPSA) is 23.6 Å². The molecule has 1 saturated heterocycles. The van der Waals surface area contributed by atoms with E-state index in [0.29, 0.717) is 10.6 Å². The van der Waals surface area contributed by atoms with Crippen molar-refractivity contribution in [3.05, 3.63) is 64.7 Å². The van der Waals surface area contributed by atoms with Crippen LogP contribution in [0.15, 0.2) is 48.5 Å². The van der Waals surface area contributed by atoms with Crippen molar-refractivity contribution in [2.45, 2.75) is 13.3 Å². The highest BCUT2D eigenvalue weighted by Gasteiger charge is 2.20. The van der Waals surface area contributed by atoms with Gasteiger partial charge in [0.2, 0.25) is 0 Å². The lowest BCUT2D eigenvalue weighted by Gasteiger charge is -2.25. The summed E-state index contributed by atoms with van der Waals surface area (Å²) < 4.78 is 0. The molecule has 120 valence electrons. The molecule has 0 atom stereocenters. The lowest BCUT2D eigenvalue weighted by molar-refractivity contribution is 0.0767. The molecule has 0 radical (unpaired) electrons. The fourth-order valence-corrected chi connectivity index (χ4v) is 3.18. The lowest BCUT2D eigenvalue weighted by Crippen LogP contribution is -2.35. The molecule has 2 aromatic rings. The van der Waals surface area contributed by atoms with Crippen molar-refractivity contribution in [2.24, 2.45) is 0 Å². The van der Waals surface area contributed by atoms with E-state index in [0.717, 1.165) is 32.6 Å². The molecule has 1 aliphatic rings. The average molecular weight is 329 g/mol. The maximum atomic E-state index is 12.6. The number of rotatable bonds is 2. The van der Waals surface area contributed by atoms with E-state index in [4.69, 9.17) is 11.6 Å². The van der Waals surface area contributed by atoms with Crippen molar-refractivity contribution >= 4 is 23.2 Å². The minimum atomic E-state index is 0.0910. The van der Waals surface area contributed by atoms with Crippen LogP contribution in [0.5, 0.6) is 0 Å². The molecule has 4 heteroatoms. The van der Waals surface area contributed by atoms with Gasteiger partial charge < -0.3 is 9.80 Å². The second kappa shape index (κ2) is 7.05. The van der Waals surface area contributed by atoms with E-state index in [1.165, 1.54) is 11.3 Å². The molecule has 0 N–H and O–H groups in total. The molecule has 0 aliphatic carbocycles. The number of anilines is 1. The van der Waals surface area contributed by atoms with E-state index >= 15 is 0 Å². The molecular formula is C19H21ClN2O. The molecule has 23 heavy (non-hydrogen) atoms. The number of carbonyl (C=O) groups is 1. The molecule has 0 spiro atoms. The quantitative estimate of drug-likeness (QED) is 0.832. The van der Waals surface area contributed by atoms with Crippen molar-refractivity contribution in [3.63, 3.8) is 0 Å². The van der Waals surface area contributed by atoms with Crippen LogP contribution < -0.4 is 4.90 Å². The minimum Gasteiger partial charge on any atom is -0.369 e. The van der Waals surface area contributed by atoms with Crippen molar-refractivity contribution in [1.29, 1.82) is 0 Å². The highest BCUT2D eigenvalue weighted by Crippen LogP contribution is 2.21. The monoisotopic (exact) mass is 328 g/mol. The SMILES string of the molecule is Cc1ccccc1N1CCCN(C(=O)c2ccc(Cl)cc2)CC1. The number of hydrogen-bond donors (Lipinski definition) is 0. The third-order valence-corrected chi connectivity index (χ3v) is 4.58. The van der Waals surface area contributed by atoms with Crippen LogP contribution in [0.1, 0.15) is 22.3 Å². The van der Waals surface area contributed by atoms with Crippen LogP contribution in [0, 0.1) is 6.92 Å². The Morgan fingerprint density at radius 2 is 1.70 bits per heavy atom. The predicted octanol–water partition coefficient (Wildman–Crippen LogP) is 4.00. The van der Waals surface area contributed by atoms with Crippen LogP contribution >= 0.6 is 11.6 Å². The first-order valence-corrected chi connectivity index (χ1v) is 8.38. The van der Waals surface area contributed by atoms with Crippen LogP contribution in [0.2, 0.25) is 5.02 Å². The number of hydrogen-bond acceptors (Lipinski definition) is 2. The summed E-state index contributed by atoms with van der Waals surface area (Å²) in [6.07, 6.45) is 0.980. The summed E-state index contributed by atoms with van der Waals surface area (Å²) in [5.74, 6) is 0.0910. The number of aryl methyl sites for hydroxylation is 1. The molecule has 0 unspecified atom stereocenters. The van der Waals surface area contributed by atoms with E-state index < -0.39 is 0 Å². The van der Waals surface area contributed by atoms with Crippen LogP contribution in [0.4, 0.5) is 5.69 Å². The zero-order chi connectivity index (χ0) is 16.2. The van der Waals surface area contributed by atoms with Crippen molar-refractivity contribution < 1.29 is 4.79 Å². The summed E-state index contributed by atoms with van der Waals surface area (Å²) >= 11 is 5.90. The van der Waals surface area contributed by atoms with Gasteiger partial charge in [0.25, 0.3) is 5.91 Å². The summed E-state index contributed by atoms with van der Waals surface area (Å²) in [4.78, 5) is 17.0. The van der Waals surface area contributed by atoms with E-state index in [2.05, 4.69) is 36.1 Å². The summed E-state index contributed by atoms with van der Waals surface area (Å²) in [5.41, 5.74) is 3.26. The standard InChI is InChI=1S/C19H21ClN2O/c1-15-5-2-3-6-18(15)21-11-4-12-22(14-13-21)19(23)16-7-9-17(20)10-8-16/h2-3,5-10H,4,11-14H2,1H3. The molecule has 1 heterocycles. The summed E-state index contributed by atoms with van der Waals surface area (Å²) in [6, 6.07) is 15.6. The van der Waals surface area contributed by atoms with Gasteiger partial charge in [0, 0.05) is 42.5 Å². The minimum absolute atomic E-state index is 0.0910. The second-order valence-corrected chi connectivity index (χ2v) is 6.36. The highest BCUT2D eigenvalue weighted by atomic mass is 35.5. The number of amides is 1. The summed E-state index contributed by atoms with van der Waals surface area (Å²) in [6.45, 7) is 5.52. The van der Waals surface area contributed by atoms with Gasteiger partial charge in [0.1, 0.15) is 0 Å². The van der Waals surface area contributed by atoms with Gasteiger partial charge in [0.05, 0.1) is 0 Å².